The Bertz CT molecular complexity index is 1190. The normalized spacial score (nSPS) is 10.5. The SMILES string of the molecule is CCc1ccc(-c2ccc3cc(C#Cc4ccc(C)cc4)ccc3c2F)cc1. The maximum absolute atomic E-state index is 15.1. The first kappa shape index (κ1) is 18.0. The van der Waals surface area contributed by atoms with Gasteiger partial charge < -0.3 is 0 Å². The molecule has 4 aromatic carbocycles. The van der Waals surface area contributed by atoms with Crippen molar-refractivity contribution in [1.29, 1.82) is 0 Å². The van der Waals surface area contributed by atoms with Crippen molar-refractivity contribution in [2.75, 3.05) is 0 Å². The average molecular weight is 364 g/mol. The van der Waals surface area contributed by atoms with Crippen molar-refractivity contribution in [3.63, 3.8) is 0 Å². The fourth-order valence-corrected chi connectivity index (χ4v) is 3.29. The highest BCUT2D eigenvalue weighted by Crippen LogP contribution is 2.29. The Morgan fingerprint density at radius 2 is 1.43 bits per heavy atom. The van der Waals surface area contributed by atoms with Crippen LogP contribution in [-0.4, -0.2) is 0 Å². The summed E-state index contributed by atoms with van der Waals surface area (Å²) < 4.78 is 15.1. The zero-order valence-corrected chi connectivity index (χ0v) is 16.1. The lowest BCUT2D eigenvalue weighted by Gasteiger charge is -2.08. The molecule has 0 unspecified atom stereocenters. The van der Waals surface area contributed by atoms with E-state index in [0.29, 0.717) is 10.9 Å². The van der Waals surface area contributed by atoms with E-state index in [2.05, 4.69) is 37.8 Å². The molecule has 0 heterocycles. The molecule has 0 spiro atoms. The van der Waals surface area contributed by atoms with E-state index in [9.17, 15) is 0 Å². The van der Waals surface area contributed by atoms with Crippen LogP contribution in [0.1, 0.15) is 29.2 Å². The van der Waals surface area contributed by atoms with Crippen LogP contribution in [0.4, 0.5) is 4.39 Å². The standard InChI is InChI=1S/C27H21F/c1-3-20-10-13-23(14-11-20)25-17-15-24-18-22(12-16-26(24)27(25)28)9-8-21-6-4-19(2)5-7-21/h4-7,10-18H,3H2,1-2H3. The second-order valence-electron chi connectivity index (χ2n) is 7.03. The molecule has 4 rings (SSSR count). The van der Waals surface area contributed by atoms with Gasteiger partial charge in [-0.25, -0.2) is 4.39 Å². The van der Waals surface area contributed by atoms with Crippen molar-refractivity contribution < 1.29 is 4.39 Å². The van der Waals surface area contributed by atoms with Gasteiger partial charge in [0.15, 0.2) is 0 Å². The number of aryl methyl sites for hydroxylation is 2. The maximum Gasteiger partial charge on any atom is 0.138 e. The Kier molecular flexibility index (Phi) is 4.96. The largest absolute Gasteiger partial charge is 0.206 e. The summed E-state index contributed by atoms with van der Waals surface area (Å²) in [6.45, 7) is 4.17. The van der Waals surface area contributed by atoms with Crippen LogP contribution in [0.5, 0.6) is 0 Å². The maximum atomic E-state index is 15.1. The highest BCUT2D eigenvalue weighted by molar-refractivity contribution is 5.89. The van der Waals surface area contributed by atoms with Crippen molar-refractivity contribution in [3.8, 4) is 23.0 Å². The molecular formula is C27H21F. The molecular weight excluding hydrogens is 343 g/mol. The van der Waals surface area contributed by atoms with Gasteiger partial charge in [0, 0.05) is 22.1 Å². The van der Waals surface area contributed by atoms with Crippen LogP contribution in [0.3, 0.4) is 0 Å². The third-order valence-electron chi connectivity index (χ3n) is 5.03. The van der Waals surface area contributed by atoms with E-state index in [1.165, 1.54) is 11.1 Å². The minimum absolute atomic E-state index is 0.181. The Hall–Kier alpha value is -3.37. The van der Waals surface area contributed by atoms with Gasteiger partial charge in [-0.1, -0.05) is 78.9 Å². The first-order chi connectivity index (χ1) is 13.6. The van der Waals surface area contributed by atoms with Crippen molar-refractivity contribution in [3.05, 3.63) is 107 Å². The molecule has 0 amide bonds. The zero-order chi connectivity index (χ0) is 19.5. The Morgan fingerprint density at radius 3 is 2.14 bits per heavy atom. The predicted molar refractivity (Wildman–Crippen MR) is 116 cm³/mol. The molecule has 0 saturated carbocycles. The highest BCUT2D eigenvalue weighted by atomic mass is 19.1. The third-order valence-corrected chi connectivity index (χ3v) is 5.03. The second-order valence-corrected chi connectivity index (χ2v) is 7.03. The van der Waals surface area contributed by atoms with Gasteiger partial charge in [0.25, 0.3) is 0 Å². The fraction of sp³-hybridized carbons (Fsp3) is 0.111. The lowest BCUT2D eigenvalue weighted by molar-refractivity contribution is 0.643. The topological polar surface area (TPSA) is 0 Å². The number of hydrogen-bond acceptors (Lipinski definition) is 0. The summed E-state index contributed by atoms with van der Waals surface area (Å²) >= 11 is 0. The van der Waals surface area contributed by atoms with Crippen LogP contribution < -0.4 is 0 Å². The first-order valence-electron chi connectivity index (χ1n) is 9.54. The second kappa shape index (κ2) is 7.71. The Morgan fingerprint density at radius 1 is 0.750 bits per heavy atom. The summed E-state index contributed by atoms with van der Waals surface area (Å²) in [5.74, 6) is 6.17. The smallest absolute Gasteiger partial charge is 0.138 e. The van der Waals surface area contributed by atoms with Gasteiger partial charge in [0.05, 0.1) is 0 Å². The van der Waals surface area contributed by atoms with Crippen LogP contribution in [-0.2, 0) is 6.42 Å². The minimum Gasteiger partial charge on any atom is -0.206 e. The molecule has 136 valence electrons. The van der Waals surface area contributed by atoms with Crippen molar-refractivity contribution in [2.24, 2.45) is 0 Å². The molecule has 0 saturated heterocycles. The van der Waals surface area contributed by atoms with E-state index >= 15 is 4.39 Å². The Labute approximate surface area is 165 Å². The van der Waals surface area contributed by atoms with E-state index in [4.69, 9.17) is 0 Å². The van der Waals surface area contributed by atoms with Gasteiger partial charge >= 0.3 is 0 Å². The van der Waals surface area contributed by atoms with E-state index in [-0.39, 0.29) is 5.82 Å². The van der Waals surface area contributed by atoms with Crippen LogP contribution >= 0.6 is 0 Å². The van der Waals surface area contributed by atoms with E-state index in [0.717, 1.165) is 28.5 Å². The summed E-state index contributed by atoms with van der Waals surface area (Å²) in [5, 5.41) is 1.49. The van der Waals surface area contributed by atoms with Gasteiger partial charge in [-0.3, -0.25) is 0 Å². The van der Waals surface area contributed by atoms with Gasteiger partial charge in [-0.05, 0) is 54.1 Å². The molecule has 0 atom stereocenters. The minimum atomic E-state index is -0.181. The number of rotatable bonds is 2. The van der Waals surface area contributed by atoms with Crippen molar-refractivity contribution in [2.45, 2.75) is 20.3 Å². The van der Waals surface area contributed by atoms with Crippen LogP contribution in [0.15, 0.2) is 78.9 Å². The molecule has 0 N–H and O–H groups in total. The van der Waals surface area contributed by atoms with Gasteiger partial charge in [0.2, 0.25) is 0 Å². The van der Waals surface area contributed by atoms with Gasteiger partial charge in [-0.15, -0.1) is 0 Å². The summed E-state index contributed by atoms with van der Waals surface area (Å²) in [5.41, 5.74) is 5.86. The molecule has 28 heavy (non-hydrogen) atoms. The molecule has 0 aliphatic heterocycles. The zero-order valence-electron chi connectivity index (χ0n) is 16.1. The lowest BCUT2D eigenvalue weighted by Crippen LogP contribution is -1.89. The van der Waals surface area contributed by atoms with Crippen molar-refractivity contribution in [1.82, 2.24) is 0 Å². The van der Waals surface area contributed by atoms with Crippen LogP contribution in [0, 0.1) is 24.6 Å². The summed E-state index contributed by atoms with van der Waals surface area (Å²) in [4.78, 5) is 0. The third kappa shape index (κ3) is 3.68. The molecule has 0 aliphatic carbocycles. The van der Waals surface area contributed by atoms with Crippen LogP contribution in [0.25, 0.3) is 21.9 Å². The molecule has 0 bridgehead atoms. The van der Waals surface area contributed by atoms with Gasteiger partial charge in [-0.2, -0.15) is 0 Å². The summed E-state index contributed by atoms with van der Waals surface area (Å²) in [6.07, 6.45) is 0.979. The fourth-order valence-electron chi connectivity index (χ4n) is 3.29. The summed E-state index contributed by atoms with van der Waals surface area (Å²) in [7, 11) is 0. The molecule has 0 aromatic heterocycles. The van der Waals surface area contributed by atoms with Crippen molar-refractivity contribution >= 4 is 10.8 Å². The number of benzene rings is 4. The number of fused-ring (bicyclic) bond motifs is 1. The number of halogens is 1. The molecule has 1 heteroatoms. The monoisotopic (exact) mass is 364 g/mol. The highest BCUT2D eigenvalue weighted by Gasteiger charge is 2.09. The van der Waals surface area contributed by atoms with Gasteiger partial charge in [0.1, 0.15) is 5.82 Å². The average Bonchev–Trinajstić information content (AvgIpc) is 2.74. The molecule has 0 nitrogen and oxygen atoms in total. The molecule has 0 aliphatic rings. The molecule has 0 fully saturated rings. The number of hydrogen-bond donors (Lipinski definition) is 0. The lowest BCUT2D eigenvalue weighted by atomic mass is 9.98. The Balaban J connectivity index is 1.69. The molecule has 0 radical (unpaired) electrons. The van der Waals surface area contributed by atoms with E-state index in [1.54, 1.807) is 0 Å². The summed E-state index contributed by atoms with van der Waals surface area (Å²) in [6, 6.07) is 25.7. The quantitative estimate of drug-likeness (QED) is 0.339. The predicted octanol–water partition coefficient (Wildman–Crippen LogP) is 6.92. The van der Waals surface area contributed by atoms with E-state index < -0.39 is 0 Å². The first-order valence-corrected chi connectivity index (χ1v) is 9.54. The van der Waals surface area contributed by atoms with E-state index in [1.807, 2.05) is 66.7 Å². The van der Waals surface area contributed by atoms with Crippen LogP contribution in [0.2, 0.25) is 0 Å². The molecule has 4 aromatic rings.